The van der Waals surface area contributed by atoms with E-state index in [4.69, 9.17) is 4.74 Å². The molecule has 166 valence electrons. The van der Waals surface area contributed by atoms with Gasteiger partial charge in [0.15, 0.2) is 5.96 Å². The smallest absolute Gasteiger partial charge is 0.378 e. The van der Waals surface area contributed by atoms with Crippen molar-refractivity contribution in [1.82, 2.24) is 15.5 Å². The molecule has 28 heavy (non-hydrogen) atoms. The third kappa shape index (κ3) is 11.0. The monoisotopic (exact) mass is 520 g/mol. The summed E-state index contributed by atoms with van der Waals surface area (Å²) in [5, 5.41) is 6.50. The van der Waals surface area contributed by atoms with Crippen LogP contribution in [0.5, 0.6) is 0 Å². The van der Waals surface area contributed by atoms with E-state index < -0.39 is 12.7 Å². The largest absolute Gasteiger partial charge is 0.401 e. The van der Waals surface area contributed by atoms with Crippen molar-refractivity contribution in [3.63, 3.8) is 0 Å². The van der Waals surface area contributed by atoms with Crippen LogP contribution in [-0.2, 0) is 4.74 Å². The van der Waals surface area contributed by atoms with Gasteiger partial charge in [0.05, 0.1) is 12.6 Å². The molecule has 2 aliphatic rings. The molecule has 0 radical (unpaired) electrons. The van der Waals surface area contributed by atoms with Gasteiger partial charge in [0, 0.05) is 32.8 Å². The first-order valence-corrected chi connectivity index (χ1v) is 10.4. The maximum absolute atomic E-state index is 12.5. The molecule has 2 fully saturated rings. The Hall–Kier alpha value is -0.290. The zero-order valence-electron chi connectivity index (χ0n) is 16.9. The van der Waals surface area contributed by atoms with Crippen LogP contribution in [0.15, 0.2) is 4.99 Å². The number of likely N-dealkylation sites (tertiary alicyclic amines) is 1. The van der Waals surface area contributed by atoms with E-state index >= 15 is 0 Å². The average Bonchev–Trinajstić information content (AvgIpc) is 3.05. The molecule has 0 aromatic heterocycles. The van der Waals surface area contributed by atoms with Crippen LogP contribution in [0.25, 0.3) is 0 Å². The highest BCUT2D eigenvalue weighted by atomic mass is 127. The Kier molecular flexibility index (Phi) is 12.7. The molecule has 1 saturated carbocycles. The Labute approximate surface area is 184 Å². The molecular weight excluding hydrogens is 484 g/mol. The van der Waals surface area contributed by atoms with Crippen molar-refractivity contribution in [3.05, 3.63) is 0 Å². The Balaban J connectivity index is 0.00000392. The van der Waals surface area contributed by atoms with Gasteiger partial charge in [-0.25, -0.2) is 0 Å². The second kappa shape index (κ2) is 13.8. The molecule has 9 heteroatoms. The van der Waals surface area contributed by atoms with Gasteiger partial charge in [0.1, 0.15) is 0 Å². The minimum Gasteiger partial charge on any atom is -0.378 e. The van der Waals surface area contributed by atoms with E-state index in [9.17, 15) is 13.2 Å². The highest BCUT2D eigenvalue weighted by Crippen LogP contribution is 2.23. The summed E-state index contributed by atoms with van der Waals surface area (Å²) in [4.78, 5) is 6.03. The second-order valence-corrected chi connectivity index (χ2v) is 7.64. The van der Waals surface area contributed by atoms with E-state index in [0.717, 1.165) is 38.5 Å². The predicted octanol–water partition coefficient (Wildman–Crippen LogP) is 3.78. The van der Waals surface area contributed by atoms with Crippen LogP contribution in [0.4, 0.5) is 13.2 Å². The van der Waals surface area contributed by atoms with Gasteiger partial charge in [0.2, 0.25) is 0 Å². The minimum atomic E-state index is -4.12. The van der Waals surface area contributed by atoms with Crippen LogP contribution in [0.1, 0.15) is 51.9 Å². The second-order valence-electron chi connectivity index (χ2n) is 7.64. The van der Waals surface area contributed by atoms with Crippen LogP contribution in [0.2, 0.25) is 0 Å². The predicted molar refractivity (Wildman–Crippen MR) is 117 cm³/mol. The number of guanidine groups is 1. The minimum absolute atomic E-state index is 0. The van der Waals surface area contributed by atoms with Crippen molar-refractivity contribution in [2.45, 2.75) is 64.1 Å². The summed E-state index contributed by atoms with van der Waals surface area (Å²) in [5.74, 6) is 0.932. The Morgan fingerprint density at radius 1 is 1.14 bits per heavy atom. The van der Waals surface area contributed by atoms with E-state index in [1.807, 2.05) is 6.92 Å². The SMILES string of the molecule is CCNC(=NCC1CCN(CC(F)(F)F)C1)NCCCOC1CCCCC1.I. The van der Waals surface area contributed by atoms with Gasteiger partial charge in [-0.2, -0.15) is 13.2 Å². The van der Waals surface area contributed by atoms with Crippen molar-refractivity contribution in [1.29, 1.82) is 0 Å². The number of nitrogens with one attached hydrogen (secondary N) is 2. The fraction of sp³-hybridized carbons (Fsp3) is 0.947. The van der Waals surface area contributed by atoms with Gasteiger partial charge in [-0.1, -0.05) is 19.3 Å². The van der Waals surface area contributed by atoms with Crippen LogP contribution in [0, 0.1) is 5.92 Å². The van der Waals surface area contributed by atoms with Gasteiger partial charge in [-0.3, -0.25) is 9.89 Å². The molecule has 0 aromatic rings. The van der Waals surface area contributed by atoms with Crippen LogP contribution >= 0.6 is 24.0 Å². The molecule has 1 aliphatic heterocycles. The molecule has 2 rings (SSSR count). The van der Waals surface area contributed by atoms with Gasteiger partial charge < -0.3 is 15.4 Å². The van der Waals surface area contributed by atoms with E-state index in [1.54, 1.807) is 0 Å². The quantitative estimate of drug-likeness (QED) is 0.210. The lowest BCUT2D eigenvalue weighted by Crippen LogP contribution is -2.38. The number of aliphatic imine (C=N–C) groups is 1. The fourth-order valence-electron chi connectivity index (χ4n) is 3.78. The molecule has 1 atom stereocenters. The van der Waals surface area contributed by atoms with Crippen LogP contribution in [-0.4, -0.2) is 69.0 Å². The third-order valence-corrected chi connectivity index (χ3v) is 5.14. The molecule has 5 nitrogen and oxygen atoms in total. The average molecular weight is 520 g/mol. The molecule has 1 saturated heterocycles. The number of nitrogens with zero attached hydrogens (tertiary/aromatic N) is 2. The van der Waals surface area contributed by atoms with Gasteiger partial charge in [-0.05, 0) is 45.1 Å². The first-order chi connectivity index (χ1) is 13.0. The summed E-state index contributed by atoms with van der Waals surface area (Å²) in [7, 11) is 0. The van der Waals surface area contributed by atoms with Crippen LogP contribution < -0.4 is 10.6 Å². The Bertz CT molecular complexity index is 445. The number of ether oxygens (including phenoxy) is 1. The standard InChI is InChI=1S/C19H35F3N4O.HI/c1-2-23-18(24-10-6-12-27-17-7-4-3-5-8-17)25-13-16-9-11-26(14-16)15-19(20,21)22;/h16-17H,2-15H2,1H3,(H2,23,24,25);1H. The number of halogens is 4. The van der Waals surface area contributed by atoms with Crippen molar-refractivity contribution in [3.8, 4) is 0 Å². The number of hydrogen-bond donors (Lipinski definition) is 2. The summed E-state index contributed by atoms with van der Waals surface area (Å²) in [6.45, 7) is 5.02. The highest BCUT2D eigenvalue weighted by molar-refractivity contribution is 14.0. The molecule has 0 aromatic carbocycles. The topological polar surface area (TPSA) is 48.9 Å². The first kappa shape index (κ1) is 25.7. The number of hydrogen-bond acceptors (Lipinski definition) is 3. The molecule has 0 amide bonds. The number of rotatable bonds is 9. The molecular formula is C19H36F3IN4O. The highest BCUT2D eigenvalue weighted by Gasteiger charge is 2.34. The molecule has 1 aliphatic carbocycles. The zero-order chi connectivity index (χ0) is 19.5. The molecule has 0 spiro atoms. The fourth-order valence-corrected chi connectivity index (χ4v) is 3.78. The van der Waals surface area contributed by atoms with Crippen molar-refractivity contribution < 1.29 is 17.9 Å². The van der Waals surface area contributed by atoms with Crippen molar-refractivity contribution in [2.75, 3.05) is 45.9 Å². The number of alkyl halides is 3. The van der Waals surface area contributed by atoms with Crippen molar-refractivity contribution in [2.24, 2.45) is 10.9 Å². The Morgan fingerprint density at radius 3 is 2.57 bits per heavy atom. The van der Waals surface area contributed by atoms with Gasteiger partial charge in [-0.15, -0.1) is 24.0 Å². The summed E-state index contributed by atoms with van der Waals surface area (Å²) in [6, 6.07) is 0. The molecule has 1 unspecified atom stereocenters. The van der Waals surface area contributed by atoms with E-state index in [-0.39, 0.29) is 29.9 Å². The van der Waals surface area contributed by atoms with E-state index in [0.29, 0.717) is 25.7 Å². The normalized spacial score (nSPS) is 22.1. The maximum atomic E-state index is 12.5. The van der Waals surface area contributed by atoms with Crippen molar-refractivity contribution >= 4 is 29.9 Å². The lowest BCUT2D eigenvalue weighted by atomic mass is 9.98. The summed E-state index contributed by atoms with van der Waals surface area (Å²) in [6.07, 6.45) is 4.27. The summed E-state index contributed by atoms with van der Waals surface area (Å²) < 4.78 is 43.3. The molecule has 2 N–H and O–H groups in total. The zero-order valence-corrected chi connectivity index (χ0v) is 19.2. The van der Waals surface area contributed by atoms with E-state index in [2.05, 4.69) is 15.6 Å². The van der Waals surface area contributed by atoms with Gasteiger partial charge >= 0.3 is 6.18 Å². The van der Waals surface area contributed by atoms with Gasteiger partial charge in [0.25, 0.3) is 0 Å². The summed E-state index contributed by atoms with van der Waals surface area (Å²) >= 11 is 0. The lowest BCUT2D eigenvalue weighted by molar-refractivity contribution is -0.143. The van der Waals surface area contributed by atoms with E-state index in [1.165, 1.54) is 37.0 Å². The van der Waals surface area contributed by atoms with Crippen LogP contribution in [0.3, 0.4) is 0 Å². The lowest BCUT2D eigenvalue weighted by Gasteiger charge is -2.22. The molecule has 1 heterocycles. The third-order valence-electron chi connectivity index (χ3n) is 5.14. The molecule has 0 bridgehead atoms. The maximum Gasteiger partial charge on any atom is 0.401 e. The first-order valence-electron chi connectivity index (χ1n) is 10.4. The summed E-state index contributed by atoms with van der Waals surface area (Å²) in [5.41, 5.74) is 0. The Morgan fingerprint density at radius 2 is 1.89 bits per heavy atom.